The molecule has 0 aromatic carbocycles. The van der Waals surface area contributed by atoms with Crippen LogP contribution in [0.1, 0.15) is 26.5 Å². The standard InChI is InChI=1S/C9H17N3O/c1-7(13)9(2,3)12-5-8-4-10-6-11-8/h4,6-7,12-13H,5H2,1-3H3,(H,10,11). The van der Waals surface area contributed by atoms with Gasteiger partial charge < -0.3 is 15.4 Å². The molecule has 0 fully saturated rings. The number of H-pyrrole nitrogens is 1. The van der Waals surface area contributed by atoms with Gasteiger partial charge in [0.2, 0.25) is 0 Å². The van der Waals surface area contributed by atoms with Gasteiger partial charge in [-0.3, -0.25) is 0 Å². The van der Waals surface area contributed by atoms with Crippen LogP contribution in [0.15, 0.2) is 12.5 Å². The molecule has 1 aromatic heterocycles. The number of imidazole rings is 1. The number of hydrogen-bond donors (Lipinski definition) is 3. The Morgan fingerprint density at radius 3 is 2.85 bits per heavy atom. The quantitative estimate of drug-likeness (QED) is 0.642. The molecule has 0 saturated heterocycles. The third kappa shape index (κ3) is 2.82. The number of nitrogens with zero attached hydrogens (tertiary/aromatic N) is 1. The van der Waals surface area contributed by atoms with Crippen molar-refractivity contribution in [3.8, 4) is 0 Å². The topological polar surface area (TPSA) is 60.9 Å². The first-order valence-electron chi connectivity index (χ1n) is 4.43. The highest BCUT2D eigenvalue weighted by molar-refractivity contribution is 4.95. The Hall–Kier alpha value is -0.870. The average Bonchev–Trinajstić information content (AvgIpc) is 2.52. The fraction of sp³-hybridized carbons (Fsp3) is 0.667. The molecule has 0 radical (unpaired) electrons. The predicted octanol–water partition coefficient (Wildman–Crippen LogP) is 0.659. The van der Waals surface area contributed by atoms with Crippen molar-refractivity contribution in [2.24, 2.45) is 0 Å². The van der Waals surface area contributed by atoms with Gasteiger partial charge >= 0.3 is 0 Å². The number of hydrogen-bond acceptors (Lipinski definition) is 3. The number of aliphatic hydroxyl groups excluding tert-OH is 1. The van der Waals surface area contributed by atoms with E-state index in [1.165, 1.54) is 0 Å². The molecule has 74 valence electrons. The Bertz CT molecular complexity index is 241. The predicted molar refractivity (Wildman–Crippen MR) is 51.2 cm³/mol. The minimum atomic E-state index is -0.379. The molecule has 0 aliphatic heterocycles. The third-order valence-electron chi connectivity index (χ3n) is 2.33. The van der Waals surface area contributed by atoms with Gasteiger partial charge in [0, 0.05) is 24.0 Å². The highest BCUT2D eigenvalue weighted by atomic mass is 16.3. The number of aromatic nitrogens is 2. The summed E-state index contributed by atoms with van der Waals surface area (Å²) in [7, 11) is 0. The average molecular weight is 183 g/mol. The minimum Gasteiger partial charge on any atom is -0.392 e. The van der Waals surface area contributed by atoms with Crippen LogP contribution in [0.4, 0.5) is 0 Å². The van der Waals surface area contributed by atoms with E-state index in [1.807, 2.05) is 13.8 Å². The van der Waals surface area contributed by atoms with E-state index in [1.54, 1.807) is 19.4 Å². The van der Waals surface area contributed by atoms with Crippen molar-refractivity contribution in [1.82, 2.24) is 15.3 Å². The molecule has 0 amide bonds. The van der Waals surface area contributed by atoms with E-state index in [4.69, 9.17) is 0 Å². The van der Waals surface area contributed by atoms with E-state index in [0.717, 1.165) is 5.69 Å². The van der Waals surface area contributed by atoms with Crippen LogP contribution < -0.4 is 5.32 Å². The Kier molecular flexibility index (Phi) is 3.06. The summed E-state index contributed by atoms with van der Waals surface area (Å²) < 4.78 is 0. The summed E-state index contributed by atoms with van der Waals surface area (Å²) in [4.78, 5) is 6.90. The van der Waals surface area contributed by atoms with Crippen molar-refractivity contribution in [3.05, 3.63) is 18.2 Å². The molecule has 0 saturated carbocycles. The van der Waals surface area contributed by atoms with E-state index in [0.29, 0.717) is 6.54 Å². The largest absolute Gasteiger partial charge is 0.392 e. The maximum atomic E-state index is 9.42. The van der Waals surface area contributed by atoms with Crippen LogP contribution in [0.25, 0.3) is 0 Å². The SMILES string of the molecule is CC(O)C(C)(C)NCc1cnc[nH]1. The van der Waals surface area contributed by atoms with Crippen LogP contribution >= 0.6 is 0 Å². The first kappa shape index (κ1) is 10.2. The van der Waals surface area contributed by atoms with Crippen molar-refractivity contribution in [2.75, 3.05) is 0 Å². The maximum absolute atomic E-state index is 9.42. The molecule has 0 bridgehead atoms. The van der Waals surface area contributed by atoms with Crippen molar-refractivity contribution in [2.45, 2.75) is 39.0 Å². The van der Waals surface area contributed by atoms with E-state index in [2.05, 4.69) is 15.3 Å². The van der Waals surface area contributed by atoms with Crippen molar-refractivity contribution >= 4 is 0 Å². The lowest BCUT2D eigenvalue weighted by molar-refractivity contribution is 0.0954. The lowest BCUT2D eigenvalue weighted by Crippen LogP contribution is -2.47. The Morgan fingerprint density at radius 1 is 1.69 bits per heavy atom. The van der Waals surface area contributed by atoms with Crippen LogP contribution in [-0.2, 0) is 6.54 Å². The molecular formula is C9H17N3O. The van der Waals surface area contributed by atoms with Crippen LogP contribution in [-0.4, -0.2) is 26.7 Å². The molecule has 13 heavy (non-hydrogen) atoms. The molecular weight excluding hydrogens is 166 g/mol. The Labute approximate surface area is 78.4 Å². The third-order valence-corrected chi connectivity index (χ3v) is 2.33. The van der Waals surface area contributed by atoms with Gasteiger partial charge in [-0.15, -0.1) is 0 Å². The molecule has 1 heterocycles. The zero-order chi connectivity index (χ0) is 9.90. The Balaban J connectivity index is 2.42. The van der Waals surface area contributed by atoms with Crippen molar-refractivity contribution in [1.29, 1.82) is 0 Å². The van der Waals surface area contributed by atoms with Gasteiger partial charge in [-0.25, -0.2) is 4.98 Å². The van der Waals surface area contributed by atoms with E-state index >= 15 is 0 Å². The van der Waals surface area contributed by atoms with Gasteiger partial charge in [-0.1, -0.05) is 0 Å². The molecule has 1 atom stereocenters. The summed E-state index contributed by atoms with van der Waals surface area (Å²) in [6, 6.07) is 0. The molecule has 1 aromatic rings. The van der Waals surface area contributed by atoms with Gasteiger partial charge in [0.15, 0.2) is 0 Å². The highest BCUT2D eigenvalue weighted by Gasteiger charge is 2.22. The molecule has 4 heteroatoms. The van der Waals surface area contributed by atoms with Crippen LogP contribution in [0, 0.1) is 0 Å². The molecule has 0 spiro atoms. The summed E-state index contributed by atoms with van der Waals surface area (Å²) in [5, 5.41) is 12.7. The second kappa shape index (κ2) is 3.89. The first-order valence-corrected chi connectivity index (χ1v) is 4.43. The fourth-order valence-electron chi connectivity index (χ4n) is 0.852. The van der Waals surface area contributed by atoms with Gasteiger partial charge in [0.1, 0.15) is 0 Å². The number of rotatable bonds is 4. The van der Waals surface area contributed by atoms with Gasteiger partial charge in [0.05, 0.1) is 12.4 Å². The monoisotopic (exact) mass is 183 g/mol. The van der Waals surface area contributed by atoms with Gasteiger partial charge in [-0.05, 0) is 20.8 Å². The number of aromatic amines is 1. The van der Waals surface area contributed by atoms with E-state index in [-0.39, 0.29) is 11.6 Å². The molecule has 1 rings (SSSR count). The number of aliphatic hydroxyl groups is 1. The maximum Gasteiger partial charge on any atom is 0.0922 e. The van der Waals surface area contributed by atoms with Crippen LogP contribution in [0.5, 0.6) is 0 Å². The van der Waals surface area contributed by atoms with Gasteiger partial charge in [-0.2, -0.15) is 0 Å². The number of nitrogens with one attached hydrogen (secondary N) is 2. The zero-order valence-electron chi connectivity index (χ0n) is 8.33. The summed E-state index contributed by atoms with van der Waals surface area (Å²) in [5.41, 5.74) is 0.749. The second-order valence-electron chi connectivity index (χ2n) is 3.83. The van der Waals surface area contributed by atoms with Gasteiger partial charge in [0.25, 0.3) is 0 Å². The molecule has 0 aliphatic rings. The molecule has 4 nitrogen and oxygen atoms in total. The zero-order valence-corrected chi connectivity index (χ0v) is 8.33. The lowest BCUT2D eigenvalue weighted by atomic mass is 9.99. The van der Waals surface area contributed by atoms with E-state index in [9.17, 15) is 5.11 Å². The first-order chi connectivity index (χ1) is 6.02. The van der Waals surface area contributed by atoms with E-state index < -0.39 is 0 Å². The summed E-state index contributed by atoms with van der Waals surface area (Å²) >= 11 is 0. The molecule has 0 aliphatic carbocycles. The van der Waals surface area contributed by atoms with Crippen molar-refractivity contribution < 1.29 is 5.11 Å². The fourth-order valence-corrected chi connectivity index (χ4v) is 0.852. The van der Waals surface area contributed by atoms with Crippen LogP contribution in [0.2, 0.25) is 0 Å². The summed E-state index contributed by atoms with van der Waals surface area (Å²) in [6.07, 6.45) is 3.03. The normalized spacial score (nSPS) is 14.5. The lowest BCUT2D eigenvalue weighted by Gasteiger charge is -2.29. The smallest absolute Gasteiger partial charge is 0.0922 e. The minimum absolute atomic E-state index is 0.273. The molecule has 3 N–H and O–H groups in total. The van der Waals surface area contributed by atoms with Crippen LogP contribution in [0.3, 0.4) is 0 Å². The second-order valence-corrected chi connectivity index (χ2v) is 3.83. The molecule has 1 unspecified atom stereocenters. The summed E-state index contributed by atoms with van der Waals surface area (Å²) in [5.74, 6) is 0. The highest BCUT2D eigenvalue weighted by Crippen LogP contribution is 2.08. The van der Waals surface area contributed by atoms with Crippen molar-refractivity contribution in [3.63, 3.8) is 0 Å². The summed E-state index contributed by atoms with van der Waals surface area (Å²) in [6.45, 7) is 6.40. The Morgan fingerprint density at radius 2 is 2.38 bits per heavy atom.